The fourth-order valence-electron chi connectivity index (χ4n) is 10.7. The number of carbonyl (C=O) groups excluding carboxylic acids is 3. The van der Waals surface area contributed by atoms with Crippen LogP contribution in [0.15, 0.2) is 28.7 Å². The summed E-state index contributed by atoms with van der Waals surface area (Å²) in [7, 11) is 1.32. The molecule has 2 saturated heterocycles. The largest absolute Gasteiger partial charge is 2.00 e. The number of hydrogen-bond donors (Lipinski definition) is 1. The molecular weight excluding hydrogens is 825 g/mol. The van der Waals surface area contributed by atoms with E-state index in [2.05, 4.69) is 48.5 Å². The van der Waals surface area contributed by atoms with Gasteiger partial charge >= 0.3 is 35.0 Å². The monoisotopic (exact) mass is 899 g/mol. The van der Waals surface area contributed by atoms with Gasteiger partial charge in [0.25, 0.3) is 0 Å². The van der Waals surface area contributed by atoms with Crippen molar-refractivity contribution in [2.45, 2.75) is 159 Å². The number of hydrogen-bond acceptors (Lipinski definition) is 6. The zero-order valence-electron chi connectivity index (χ0n) is 41.3. The van der Waals surface area contributed by atoms with Crippen molar-refractivity contribution in [1.29, 1.82) is 0 Å². The molecule has 1 unspecified atom stereocenters. The van der Waals surface area contributed by atoms with Gasteiger partial charge in [0.2, 0.25) is 0 Å². The molecule has 350 valence electrons. The topological polar surface area (TPSA) is 146 Å². The maximum Gasteiger partial charge on any atom is 2.00 e. The number of aromatic nitrogens is 2. The van der Waals surface area contributed by atoms with E-state index in [9.17, 15) is 19.5 Å². The molecule has 0 amide bonds. The van der Waals surface area contributed by atoms with Gasteiger partial charge in [0, 0.05) is 17.2 Å². The molecule has 1 aliphatic carbocycles. The van der Waals surface area contributed by atoms with E-state index in [0.717, 1.165) is 53.4 Å². The molecule has 65 heavy (non-hydrogen) atoms. The normalized spacial score (nSPS) is 25.6. The van der Waals surface area contributed by atoms with Crippen molar-refractivity contribution >= 4 is 70.3 Å². The summed E-state index contributed by atoms with van der Waals surface area (Å²) >= 11 is 0. The number of aliphatic hydroxyl groups excluding tert-OH is 1. The number of Topliss-reactive ketones (excluding diaryl/α,β-unsaturated/α-hetero) is 1. The van der Waals surface area contributed by atoms with Crippen LogP contribution in [0.4, 0.5) is 0 Å². The van der Waals surface area contributed by atoms with Crippen molar-refractivity contribution < 1.29 is 29.0 Å². The molecule has 2 aromatic heterocycles. The van der Waals surface area contributed by atoms with Gasteiger partial charge in [-0.1, -0.05) is 146 Å². The van der Waals surface area contributed by atoms with Gasteiger partial charge in [-0.2, -0.15) is 17.1 Å². The maximum atomic E-state index is 13.6. The van der Waals surface area contributed by atoms with Crippen molar-refractivity contribution in [3.63, 3.8) is 0 Å². The minimum absolute atomic E-state index is 0. The molecule has 0 spiro atoms. The average Bonchev–Trinajstić information content (AvgIpc) is 4.00. The van der Waals surface area contributed by atoms with E-state index in [4.69, 9.17) is 30.1 Å². The molecule has 4 aliphatic rings. The van der Waals surface area contributed by atoms with Crippen molar-refractivity contribution in [3.05, 3.63) is 83.7 Å². The van der Waals surface area contributed by atoms with E-state index in [1.807, 2.05) is 38.2 Å². The molecule has 3 aliphatic heterocycles. The van der Waals surface area contributed by atoms with Gasteiger partial charge in [0.1, 0.15) is 18.3 Å². The van der Waals surface area contributed by atoms with Crippen LogP contribution in [0, 0.1) is 55.3 Å². The molecule has 8 atom stereocenters. The van der Waals surface area contributed by atoms with Crippen LogP contribution in [0.2, 0.25) is 0 Å². The zero-order valence-corrected chi connectivity index (χ0v) is 42.7. The molecule has 2 aromatic rings. The van der Waals surface area contributed by atoms with Gasteiger partial charge in [-0.15, -0.1) is 22.4 Å². The molecule has 8 bridgehead atoms. The Balaban J connectivity index is 0.00000793. The molecule has 5 heterocycles. The van der Waals surface area contributed by atoms with E-state index in [-0.39, 0.29) is 77.3 Å². The quantitative estimate of drug-likeness (QED) is 0.0454. The van der Waals surface area contributed by atoms with Crippen LogP contribution in [0.25, 0.3) is 40.2 Å². The van der Waals surface area contributed by atoms with Crippen molar-refractivity contribution in [2.75, 3.05) is 13.7 Å². The summed E-state index contributed by atoms with van der Waals surface area (Å²) in [6, 6.07) is -0.615. The zero-order chi connectivity index (χ0) is 46.4. The number of rotatable bonds is 20. The molecule has 0 radical (unpaired) electrons. The molecule has 11 heteroatoms. The third-order valence-corrected chi connectivity index (χ3v) is 14.8. The van der Waals surface area contributed by atoms with E-state index in [1.54, 1.807) is 6.92 Å². The Bertz CT molecular complexity index is 2310. The number of allylic oxidation sites excluding steroid dienone is 4. The number of fused-ring (bicyclic) bond motifs is 8. The first-order valence-corrected chi connectivity index (χ1v) is 24.3. The number of methoxy groups -OCH3 is 1. The fourth-order valence-corrected chi connectivity index (χ4v) is 10.7. The Morgan fingerprint density at radius 3 is 2.12 bits per heavy atom. The second-order valence-corrected chi connectivity index (χ2v) is 19.5. The number of ether oxygens (including phenoxy) is 2. The van der Waals surface area contributed by atoms with E-state index in [0.29, 0.717) is 51.1 Å². The summed E-state index contributed by atoms with van der Waals surface area (Å²) in [4.78, 5) is 50.4. The number of unbranched alkanes of at least 4 members (excludes halogenated alkanes) is 2. The van der Waals surface area contributed by atoms with Crippen LogP contribution in [0.5, 0.6) is 0 Å². The predicted octanol–water partition coefficient (Wildman–Crippen LogP) is 10.9. The minimum Gasteiger partial charge on any atom is -0.681 e. The van der Waals surface area contributed by atoms with Crippen LogP contribution in [-0.4, -0.2) is 65.6 Å². The number of ketones is 1. The van der Waals surface area contributed by atoms with Crippen molar-refractivity contribution in [2.24, 2.45) is 41.4 Å². The van der Waals surface area contributed by atoms with E-state index in [1.165, 1.54) is 64.0 Å². The summed E-state index contributed by atoms with van der Waals surface area (Å²) in [5.41, 5.74) is 8.21. The summed E-state index contributed by atoms with van der Waals surface area (Å²) in [5.74, 6) is -0.885. The van der Waals surface area contributed by atoms with Crippen LogP contribution in [0.3, 0.4) is 0 Å². The summed E-state index contributed by atoms with van der Waals surface area (Å²) in [6.07, 6.45) is 21.9. The second kappa shape index (κ2) is 23.2. The Kier molecular flexibility index (Phi) is 18.5. The van der Waals surface area contributed by atoms with Crippen LogP contribution in [0.1, 0.15) is 177 Å². The third kappa shape index (κ3) is 11.6. The van der Waals surface area contributed by atoms with Crippen LogP contribution < -0.4 is 20.5 Å². The molecular formula is C54H74MgN4O6-2. The standard InChI is InChI=1S/C54H75N4O6.Mg/c1-12-14-15-18-30(3)19-16-20-31(4)21-17-22-32(5)25-26-64-46(60)24-23-39-34(7)41-27-42-35(8)47(37(10)59)45(56-42)29-40-33(6)38(13-2)44(55-40)28-43-36(9)48-52(58-43)49(51(39)57-41)50(53(48)61)54(62)63-11;/h25,27-31,33-34,38-39,50-51H,12-24,26H2,1-11H3,(H2-,55,56,59,61);/q-3;+2/p-1/b32-25+,41-27-,44-28-;/t30-,31-,33-,34+,38-,39+,50-,51?;/m1./s1. The summed E-state index contributed by atoms with van der Waals surface area (Å²) in [5, 5.41) is 23.4. The Morgan fingerprint density at radius 1 is 0.815 bits per heavy atom. The second-order valence-electron chi connectivity index (χ2n) is 19.5. The van der Waals surface area contributed by atoms with Gasteiger partial charge < -0.3 is 35.2 Å². The van der Waals surface area contributed by atoms with Gasteiger partial charge in [-0.05, 0) is 88.5 Å². The van der Waals surface area contributed by atoms with E-state index >= 15 is 0 Å². The number of nitrogens with zero attached hydrogens (tertiary/aromatic N) is 4. The van der Waals surface area contributed by atoms with Gasteiger partial charge in [0.05, 0.1) is 7.11 Å². The summed E-state index contributed by atoms with van der Waals surface area (Å²) in [6.45, 7) is 21.1. The number of aliphatic hydroxyl groups is 1. The Morgan fingerprint density at radius 2 is 1.46 bits per heavy atom. The first kappa shape index (κ1) is 52.0. The smallest absolute Gasteiger partial charge is 0.681 e. The van der Waals surface area contributed by atoms with E-state index < -0.39 is 17.9 Å². The fraction of sp³-hybridized carbons (Fsp3) is 0.611. The average molecular weight is 900 g/mol. The first-order valence-electron chi connectivity index (χ1n) is 24.3. The number of esters is 2. The van der Waals surface area contributed by atoms with Gasteiger partial charge in [-0.3, -0.25) is 14.4 Å². The Labute approximate surface area is 404 Å². The molecule has 2 fully saturated rings. The van der Waals surface area contributed by atoms with Crippen LogP contribution in [-0.2, 0) is 19.1 Å². The summed E-state index contributed by atoms with van der Waals surface area (Å²) < 4.78 is 11.1. The van der Waals surface area contributed by atoms with Crippen LogP contribution >= 0.6 is 0 Å². The molecule has 1 N–H and O–H groups in total. The predicted molar refractivity (Wildman–Crippen MR) is 263 cm³/mol. The molecule has 0 aromatic carbocycles. The molecule has 6 rings (SSSR count). The molecule has 10 nitrogen and oxygen atoms in total. The third-order valence-electron chi connectivity index (χ3n) is 14.8. The van der Waals surface area contributed by atoms with Crippen molar-refractivity contribution in [1.82, 2.24) is 9.97 Å². The minimum atomic E-state index is -1.10. The van der Waals surface area contributed by atoms with Gasteiger partial charge in [0.15, 0.2) is 5.78 Å². The SMILES string of the molecule is CCCCC[C@@H](C)CCC[C@@H](C)CCC/C(C)=C/COC(=O)CC[C@@H]1C2[N-]/C(=C\c3[n-]c(c(C(C)=O)c3C)/C=C3\[N-]/C(=C\c4[n-]c5c(c4C)=C(O)[C@H](C(=O)OC)C=52)[C@H](CC)[C@H]3C)[C@H]1C.[Mg+2]. The molecule has 0 saturated carbocycles. The van der Waals surface area contributed by atoms with Crippen molar-refractivity contribution in [3.8, 4) is 0 Å². The van der Waals surface area contributed by atoms with Gasteiger partial charge in [-0.25, -0.2) is 0 Å². The Hall–Kier alpha value is -3.96. The number of carbonyl (C=O) groups is 3. The maximum absolute atomic E-state index is 13.6. The first-order chi connectivity index (χ1) is 30.6.